The molecule has 0 radical (unpaired) electrons. The highest BCUT2D eigenvalue weighted by molar-refractivity contribution is 6.32. The third kappa shape index (κ3) is 10.2. The van der Waals surface area contributed by atoms with Crippen molar-refractivity contribution in [3.63, 3.8) is 0 Å². The molecule has 15 heteroatoms. The lowest BCUT2D eigenvalue weighted by Gasteiger charge is -2.10. The number of hydrogen-bond donors (Lipinski definition) is 3. The van der Waals surface area contributed by atoms with Crippen molar-refractivity contribution in [2.24, 2.45) is 19.8 Å². The zero-order valence-electron chi connectivity index (χ0n) is 27.7. The van der Waals surface area contributed by atoms with Crippen LogP contribution in [0.3, 0.4) is 0 Å². The van der Waals surface area contributed by atoms with E-state index in [2.05, 4.69) is 15.5 Å². The van der Waals surface area contributed by atoms with E-state index in [1.54, 1.807) is 37.8 Å². The molecular weight excluding hydrogens is 681 g/mol. The first-order valence-corrected chi connectivity index (χ1v) is 16.6. The molecule has 264 valence electrons. The maximum Gasteiger partial charge on any atom is 0.354 e. The number of carbonyl (C=O) groups is 2. The molecule has 2 aliphatic rings. The van der Waals surface area contributed by atoms with Gasteiger partial charge in [0, 0.05) is 62.3 Å². The fourth-order valence-electron chi connectivity index (χ4n) is 4.78. The van der Waals surface area contributed by atoms with E-state index in [0.29, 0.717) is 63.4 Å². The molecule has 11 nitrogen and oxygen atoms in total. The van der Waals surface area contributed by atoms with Gasteiger partial charge in [0.15, 0.2) is 0 Å². The molecule has 6 rings (SSSR count). The maximum atomic E-state index is 14.1. The third-order valence-corrected chi connectivity index (χ3v) is 8.29. The first kappa shape index (κ1) is 37.6. The third-order valence-electron chi connectivity index (χ3n) is 7.70. The van der Waals surface area contributed by atoms with Gasteiger partial charge in [0.05, 0.1) is 34.6 Å². The van der Waals surface area contributed by atoms with Gasteiger partial charge in [0.25, 0.3) is 5.91 Å². The summed E-state index contributed by atoms with van der Waals surface area (Å²) in [7, 11) is 3.39. The van der Waals surface area contributed by atoms with Crippen molar-refractivity contribution >= 4 is 35.1 Å². The number of carbonyl (C=O) groups excluding carboxylic acids is 1. The normalized spacial score (nSPS) is 13.5. The number of carboxylic acids is 1. The monoisotopic (exact) mass is 720 g/mol. The van der Waals surface area contributed by atoms with Crippen LogP contribution >= 0.6 is 23.2 Å². The van der Waals surface area contributed by atoms with Gasteiger partial charge < -0.3 is 25.6 Å². The second kappa shape index (κ2) is 17.0. The first-order chi connectivity index (χ1) is 23.4. The number of nitrogens with zero attached hydrogens (tertiary/aromatic N) is 4. The second-order valence-corrected chi connectivity index (χ2v) is 12.3. The number of nitrogens with one attached hydrogen (secondary N) is 1. The number of ether oxygens (including phenoxy) is 2. The van der Waals surface area contributed by atoms with E-state index in [1.165, 1.54) is 28.9 Å². The molecule has 0 unspecified atom stereocenters. The molecule has 49 heavy (non-hydrogen) atoms. The first-order valence-electron chi connectivity index (χ1n) is 15.9. The molecule has 2 aromatic carbocycles. The highest BCUT2D eigenvalue weighted by Crippen LogP contribution is 2.40. The molecule has 2 fully saturated rings. The number of carboxylic acid groups (broad SMARTS) is 1. The number of nitrogens with two attached hydrogens (primary N) is 1. The van der Waals surface area contributed by atoms with Gasteiger partial charge in [-0.3, -0.25) is 14.2 Å². The number of aromatic nitrogens is 4. The molecule has 2 heterocycles. The maximum absolute atomic E-state index is 14.1. The largest absolute Gasteiger partial charge is 0.492 e. The number of benzene rings is 2. The topological polar surface area (TPSA) is 147 Å². The summed E-state index contributed by atoms with van der Waals surface area (Å²) in [6.07, 6.45) is 4.54. The number of hydrogen-bond acceptors (Lipinski definition) is 7. The van der Waals surface area contributed by atoms with E-state index in [4.69, 9.17) is 43.5 Å². The highest BCUT2D eigenvalue weighted by atomic mass is 35.5. The number of aromatic carboxylic acids is 1. The van der Waals surface area contributed by atoms with E-state index >= 15 is 0 Å². The molecule has 0 atom stereocenters. The summed E-state index contributed by atoms with van der Waals surface area (Å²) in [5, 5.41) is 20.6. The molecular formula is C34H40Cl2F2N6O5. The predicted molar refractivity (Wildman–Crippen MR) is 182 cm³/mol. The van der Waals surface area contributed by atoms with Crippen LogP contribution in [0.15, 0.2) is 36.4 Å². The Morgan fingerprint density at radius 2 is 1.29 bits per heavy atom. The summed E-state index contributed by atoms with van der Waals surface area (Å²) in [6, 6.07) is 8.92. The molecule has 4 N–H and O–H groups in total. The van der Waals surface area contributed by atoms with Gasteiger partial charge in [-0.05, 0) is 63.8 Å². The van der Waals surface area contributed by atoms with Crippen molar-refractivity contribution in [2.75, 3.05) is 13.2 Å². The molecule has 0 bridgehead atoms. The van der Waals surface area contributed by atoms with Gasteiger partial charge in [-0.15, -0.1) is 0 Å². The Labute approximate surface area is 293 Å². The van der Waals surface area contributed by atoms with Crippen LogP contribution in [0.25, 0.3) is 0 Å². The average Bonchev–Trinajstić information content (AvgIpc) is 4.00. The zero-order valence-corrected chi connectivity index (χ0v) is 29.2. The summed E-state index contributed by atoms with van der Waals surface area (Å²) >= 11 is 11.9. The quantitative estimate of drug-likeness (QED) is 0.154. The van der Waals surface area contributed by atoms with Crippen molar-refractivity contribution in [1.82, 2.24) is 24.9 Å². The molecule has 0 spiro atoms. The Morgan fingerprint density at radius 1 is 0.837 bits per heavy atom. The number of halogens is 4. The van der Waals surface area contributed by atoms with E-state index in [9.17, 15) is 18.4 Å². The summed E-state index contributed by atoms with van der Waals surface area (Å²) < 4.78 is 40.6. The van der Waals surface area contributed by atoms with Gasteiger partial charge in [-0.2, -0.15) is 10.2 Å². The van der Waals surface area contributed by atoms with E-state index in [1.807, 2.05) is 6.92 Å². The minimum Gasteiger partial charge on any atom is -0.492 e. The van der Waals surface area contributed by atoms with Gasteiger partial charge in [-0.1, -0.05) is 23.2 Å². The molecule has 4 aromatic rings. The van der Waals surface area contributed by atoms with Crippen LogP contribution in [0, 0.1) is 11.6 Å². The van der Waals surface area contributed by atoms with E-state index < -0.39 is 11.8 Å². The SMILES string of the molecule is CCOc1cc(F)c(CN)cc1Cl.CCOc1cc(F)c(CNC(=O)c2cc(C3CC3)nn2C)cc1Cl.Cn1nc(C2CC2)cc1C(=O)O. The predicted octanol–water partition coefficient (Wildman–Crippen LogP) is 6.75. The summed E-state index contributed by atoms with van der Waals surface area (Å²) in [5.41, 5.74) is 8.62. The van der Waals surface area contributed by atoms with E-state index in [0.717, 1.165) is 37.1 Å². The second-order valence-electron chi connectivity index (χ2n) is 11.5. The van der Waals surface area contributed by atoms with Crippen LogP contribution in [-0.4, -0.2) is 49.8 Å². The van der Waals surface area contributed by atoms with Crippen molar-refractivity contribution < 1.29 is 33.0 Å². The van der Waals surface area contributed by atoms with Crippen molar-refractivity contribution in [3.05, 3.63) is 92.0 Å². The van der Waals surface area contributed by atoms with Crippen LogP contribution in [0.4, 0.5) is 8.78 Å². The van der Waals surface area contributed by atoms with Crippen molar-refractivity contribution in [1.29, 1.82) is 0 Å². The van der Waals surface area contributed by atoms with Gasteiger partial charge >= 0.3 is 5.97 Å². The van der Waals surface area contributed by atoms with Crippen LogP contribution in [-0.2, 0) is 27.2 Å². The van der Waals surface area contributed by atoms with Crippen LogP contribution in [0.5, 0.6) is 11.5 Å². The molecule has 2 saturated carbocycles. The Balaban J connectivity index is 0.000000182. The molecule has 0 saturated heterocycles. The van der Waals surface area contributed by atoms with Crippen molar-refractivity contribution in [2.45, 2.75) is 64.5 Å². The molecule has 1 amide bonds. The lowest BCUT2D eigenvalue weighted by atomic mass is 10.2. The smallest absolute Gasteiger partial charge is 0.354 e. The van der Waals surface area contributed by atoms with E-state index in [-0.39, 0.29) is 30.5 Å². The van der Waals surface area contributed by atoms with Crippen molar-refractivity contribution in [3.8, 4) is 11.5 Å². The van der Waals surface area contributed by atoms with Gasteiger partial charge in [-0.25, -0.2) is 13.6 Å². The minimum absolute atomic E-state index is 0.0424. The minimum atomic E-state index is -0.906. The number of rotatable bonds is 11. The number of amides is 1. The standard InChI is InChI=1S/C17H19ClFN3O2.C9H11ClFNO.C8H10N2O2/c1-3-24-16-7-13(19)11(6-12(16)18)9-20-17(23)15-8-14(10-4-5-10)21-22(15)2;1-2-13-9-4-8(11)6(5-12)3-7(9)10;1-10-7(8(11)12)4-6(9-10)5-2-3-5/h6-8,10H,3-5,9H2,1-2H3,(H,20,23);3-4H,2,5,12H2,1H3;4-5H,2-3H2,1H3,(H,11,12). The summed E-state index contributed by atoms with van der Waals surface area (Å²) in [4.78, 5) is 22.9. The summed E-state index contributed by atoms with van der Waals surface area (Å²) in [5.74, 6) is -0.392. The fraction of sp³-hybridized carbons (Fsp3) is 0.412. The Kier molecular flexibility index (Phi) is 13.0. The molecule has 2 aliphatic carbocycles. The summed E-state index contributed by atoms with van der Waals surface area (Å²) in [6.45, 7) is 4.65. The van der Waals surface area contributed by atoms with Crippen LogP contribution < -0.4 is 20.5 Å². The Bertz CT molecular complexity index is 1790. The zero-order chi connectivity index (χ0) is 35.8. The van der Waals surface area contributed by atoms with Crippen LogP contribution in [0.2, 0.25) is 10.0 Å². The Hall–Kier alpha value is -4.20. The van der Waals surface area contributed by atoms with Gasteiger partial charge in [0.2, 0.25) is 0 Å². The lowest BCUT2D eigenvalue weighted by Crippen LogP contribution is -2.25. The van der Waals surface area contributed by atoms with Crippen LogP contribution in [0.1, 0.15) is 94.9 Å². The average molecular weight is 722 g/mol. The molecule has 0 aliphatic heterocycles. The number of aryl methyl sites for hydroxylation is 2. The fourth-order valence-corrected chi connectivity index (χ4v) is 5.26. The Morgan fingerprint density at radius 3 is 1.71 bits per heavy atom. The highest BCUT2D eigenvalue weighted by Gasteiger charge is 2.29. The van der Waals surface area contributed by atoms with Gasteiger partial charge in [0.1, 0.15) is 34.5 Å². The lowest BCUT2D eigenvalue weighted by molar-refractivity contribution is 0.0684. The molecule has 2 aromatic heterocycles.